The van der Waals surface area contributed by atoms with E-state index < -0.39 is 5.97 Å². The molecule has 0 bridgehead atoms. The van der Waals surface area contributed by atoms with Crippen molar-refractivity contribution in [3.63, 3.8) is 0 Å². The second kappa shape index (κ2) is 4.11. The van der Waals surface area contributed by atoms with Crippen molar-refractivity contribution in [3.8, 4) is 0 Å². The molecule has 0 saturated carbocycles. The highest BCUT2D eigenvalue weighted by molar-refractivity contribution is 9.08. The molecule has 0 amide bonds. The summed E-state index contributed by atoms with van der Waals surface area (Å²) in [4.78, 5) is 10.8. The first-order chi connectivity index (χ1) is 6.07. The molecule has 2 nitrogen and oxygen atoms in total. The summed E-state index contributed by atoms with van der Waals surface area (Å²) in [7, 11) is 0. The van der Waals surface area contributed by atoms with Crippen LogP contribution in [0, 0.1) is 6.92 Å². The van der Waals surface area contributed by atoms with E-state index in [-0.39, 0.29) is 0 Å². The maximum atomic E-state index is 10.8. The Morgan fingerprint density at radius 3 is 2.69 bits per heavy atom. The fourth-order valence-corrected chi connectivity index (χ4v) is 2.00. The Bertz CT molecular complexity index is 350. The van der Waals surface area contributed by atoms with Gasteiger partial charge in [-0.3, -0.25) is 0 Å². The van der Waals surface area contributed by atoms with E-state index in [1.807, 2.05) is 6.92 Å². The number of hydrogen-bond acceptors (Lipinski definition) is 1. The van der Waals surface area contributed by atoms with Gasteiger partial charge >= 0.3 is 5.97 Å². The maximum absolute atomic E-state index is 10.8. The number of carboxylic acids is 1. The highest BCUT2D eigenvalue weighted by Gasteiger charge is 2.12. The van der Waals surface area contributed by atoms with E-state index in [9.17, 15) is 4.79 Å². The number of hydrogen-bond donors (Lipinski definition) is 1. The molecule has 0 saturated heterocycles. The van der Waals surface area contributed by atoms with E-state index in [2.05, 4.69) is 15.9 Å². The Labute approximate surface area is 89.7 Å². The molecule has 1 N–H and O–H groups in total. The Hall–Kier alpha value is -0.540. The summed E-state index contributed by atoms with van der Waals surface area (Å²) in [5, 5.41) is 9.95. The van der Waals surface area contributed by atoms with Crippen molar-refractivity contribution in [2.24, 2.45) is 0 Å². The molecule has 0 heterocycles. The van der Waals surface area contributed by atoms with E-state index in [0.717, 1.165) is 11.1 Å². The van der Waals surface area contributed by atoms with E-state index >= 15 is 0 Å². The maximum Gasteiger partial charge on any atom is 0.336 e. The molecule has 0 aromatic heterocycles. The molecule has 0 radical (unpaired) electrons. The second-order valence-corrected chi connectivity index (χ2v) is 3.61. The molecule has 0 aliphatic rings. The summed E-state index contributed by atoms with van der Waals surface area (Å²) in [6.07, 6.45) is 0. The largest absolute Gasteiger partial charge is 0.478 e. The lowest BCUT2D eigenvalue weighted by molar-refractivity contribution is 0.0696. The SMILES string of the molecule is Cc1c(Cl)ccc(C(=O)O)c1CBr. The Morgan fingerprint density at radius 2 is 2.23 bits per heavy atom. The lowest BCUT2D eigenvalue weighted by Crippen LogP contribution is -2.03. The molecule has 0 spiro atoms. The highest BCUT2D eigenvalue weighted by Crippen LogP contribution is 2.24. The van der Waals surface area contributed by atoms with Crippen molar-refractivity contribution in [1.82, 2.24) is 0 Å². The van der Waals surface area contributed by atoms with Gasteiger partial charge in [0.25, 0.3) is 0 Å². The number of rotatable bonds is 2. The number of alkyl halides is 1. The van der Waals surface area contributed by atoms with Gasteiger partial charge in [-0.05, 0) is 30.2 Å². The molecular weight excluding hydrogens is 255 g/mol. The lowest BCUT2D eigenvalue weighted by atomic mass is 10.0. The first kappa shape index (κ1) is 10.5. The molecule has 1 aromatic rings. The molecule has 0 atom stereocenters. The van der Waals surface area contributed by atoms with E-state index in [4.69, 9.17) is 16.7 Å². The number of benzene rings is 1. The van der Waals surface area contributed by atoms with E-state index in [1.165, 1.54) is 6.07 Å². The van der Waals surface area contributed by atoms with Crippen molar-refractivity contribution < 1.29 is 9.90 Å². The van der Waals surface area contributed by atoms with Crippen LogP contribution in [0.25, 0.3) is 0 Å². The zero-order valence-electron chi connectivity index (χ0n) is 6.97. The predicted octanol–water partition coefficient (Wildman–Crippen LogP) is 3.24. The van der Waals surface area contributed by atoms with Crippen molar-refractivity contribution in [1.29, 1.82) is 0 Å². The third-order valence-electron chi connectivity index (χ3n) is 1.90. The lowest BCUT2D eigenvalue weighted by Gasteiger charge is -2.07. The van der Waals surface area contributed by atoms with Crippen molar-refractivity contribution in [2.45, 2.75) is 12.3 Å². The number of halogens is 2. The molecule has 4 heteroatoms. The second-order valence-electron chi connectivity index (χ2n) is 2.64. The molecule has 1 aromatic carbocycles. The Morgan fingerprint density at radius 1 is 1.62 bits per heavy atom. The summed E-state index contributed by atoms with van der Waals surface area (Å²) in [6.45, 7) is 1.81. The van der Waals surface area contributed by atoms with Crippen LogP contribution in [0.15, 0.2) is 12.1 Å². The number of carboxylic acid groups (broad SMARTS) is 1. The van der Waals surface area contributed by atoms with Gasteiger partial charge in [0.15, 0.2) is 0 Å². The molecule has 0 unspecified atom stereocenters. The van der Waals surface area contributed by atoms with Gasteiger partial charge in [0, 0.05) is 10.4 Å². The summed E-state index contributed by atoms with van der Waals surface area (Å²) in [5.74, 6) is -0.922. The Balaban J connectivity index is 3.38. The Kier molecular flexibility index (Phi) is 3.33. The standard InChI is InChI=1S/C9H8BrClO2/c1-5-7(4-10)6(9(12)13)2-3-8(5)11/h2-3H,4H2,1H3,(H,12,13). The smallest absolute Gasteiger partial charge is 0.336 e. The molecule has 0 aliphatic heterocycles. The fourth-order valence-electron chi connectivity index (χ4n) is 1.10. The minimum atomic E-state index is -0.922. The number of aromatic carboxylic acids is 1. The molecule has 1 rings (SSSR count). The third kappa shape index (κ3) is 2.03. The molecule has 70 valence electrons. The minimum absolute atomic E-state index is 0.304. The molecule has 0 aliphatic carbocycles. The van der Waals surface area contributed by atoms with Crippen molar-refractivity contribution in [3.05, 3.63) is 33.8 Å². The predicted molar refractivity (Wildman–Crippen MR) is 55.8 cm³/mol. The van der Waals surface area contributed by atoms with Crippen LogP contribution in [0.1, 0.15) is 21.5 Å². The van der Waals surface area contributed by atoms with Crippen LogP contribution >= 0.6 is 27.5 Å². The molecule has 0 fully saturated rings. The van der Waals surface area contributed by atoms with Gasteiger partial charge < -0.3 is 5.11 Å². The zero-order valence-corrected chi connectivity index (χ0v) is 9.32. The summed E-state index contributed by atoms with van der Waals surface area (Å²) in [6, 6.07) is 3.13. The topological polar surface area (TPSA) is 37.3 Å². The van der Waals surface area contributed by atoms with Gasteiger partial charge in [-0.1, -0.05) is 27.5 Å². The van der Waals surface area contributed by atoms with Gasteiger partial charge in [-0.2, -0.15) is 0 Å². The van der Waals surface area contributed by atoms with Gasteiger partial charge in [-0.15, -0.1) is 0 Å². The molecular formula is C9H8BrClO2. The average molecular weight is 264 g/mol. The first-order valence-electron chi connectivity index (χ1n) is 3.65. The van der Waals surface area contributed by atoms with E-state index in [1.54, 1.807) is 6.07 Å². The van der Waals surface area contributed by atoms with Crippen LogP contribution in [-0.4, -0.2) is 11.1 Å². The average Bonchev–Trinajstić information content (AvgIpc) is 2.09. The van der Waals surface area contributed by atoms with Gasteiger partial charge in [0.2, 0.25) is 0 Å². The van der Waals surface area contributed by atoms with Crippen LogP contribution in [0.4, 0.5) is 0 Å². The van der Waals surface area contributed by atoms with Crippen molar-refractivity contribution >= 4 is 33.5 Å². The normalized spacial score (nSPS) is 10.1. The van der Waals surface area contributed by atoms with Crippen molar-refractivity contribution in [2.75, 3.05) is 0 Å². The van der Waals surface area contributed by atoms with E-state index in [0.29, 0.717) is 15.9 Å². The van der Waals surface area contributed by atoms with Crippen LogP contribution < -0.4 is 0 Å². The summed E-state index contributed by atoms with van der Waals surface area (Å²) < 4.78 is 0. The van der Waals surface area contributed by atoms with Gasteiger partial charge in [0.05, 0.1) is 5.56 Å². The molecule has 13 heavy (non-hydrogen) atoms. The fraction of sp³-hybridized carbons (Fsp3) is 0.222. The quantitative estimate of drug-likeness (QED) is 0.832. The minimum Gasteiger partial charge on any atom is -0.478 e. The van der Waals surface area contributed by atoms with Gasteiger partial charge in [0.1, 0.15) is 0 Å². The van der Waals surface area contributed by atoms with Gasteiger partial charge in [-0.25, -0.2) is 4.79 Å². The summed E-state index contributed by atoms with van der Waals surface area (Å²) in [5.41, 5.74) is 1.86. The first-order valence-corrected chi connectivity index (χ1v) is 5.15. The third-order valence-corrected chi connectivity index (χ3v) is 2.87. The highest BCUT2D eigenvalue weighted by atomic mass is 79.9. The van der Waals surface area contributed by atoms with Crippen LogP contribution in [0.3, 0.4) is 0 Å². The number of carbonyl (C=O) groups is 1. The summed E-state index contributed by atoms with van der Waals surface area (Å²) >= 11 is 9.10. The van der Waals surface area contributed by atoms with Crippen LogP contribution in [0.5, 0.6) is 0 Å². The van der Waals surface area contributed by atoms with Crippen LogP contribution in [0.2, 0.25) is 5.02 Å². The van der Waals surface area contributed by atoms with Crippen LogP contribution in [-0.2, 0) is 5.33 Å². The monoisotopic (exact) mass is 262 g/mol. The zero-order chi connectivity index (χ0) is 10.0.